The summed E-state index contributed by atoms with van der Waals surface area (Å²) in [5.74, 6) is -0.640. The summed E-state index contributed by atoms with van der Waals surface area (Å²) < 4.78 is 19.4. The summed E-state index contributed by atoms with van der Waals surface area (Å²) in [4.78, 5) is 10.8. The highest BCUT2D eigenvalue weighted by molar-refractivity contribution is 7.80. The Kier molecular flexibility index (Phi) is 6.35. The van der Waals surface area contributed by atoms with Gasteiger partial charge in [0.1, 0.15) is 6.04 Å². The molecular formula is C5H11NO4S2. The van der Waals surface area contributed by atoms with Gasteiger partial charge in [-0.2, -0.15) is 16.8 Å². The molecule has 0 aromatic heterocycles. The Bertz CT molecular complexity index is 175. The van der Waals surface area contributed by atoms with Crippen molar-refractivity contribution in [3.05, 3.63) is 0 Å². The SMILES string of the molecule is CCOS(=O)OC(=O)C(N)CS. The molecule has 0 rings (SSSR count). The third-order valence-corrected chi connectivity index (χ3v) is 1.99. The number of hydrogen-bond acceptors (Lipinski definition) is 6. The molecule has 2 atom stereocenters. The minimum absolute atomic E-state index is 0.141. The molecule has 0 aromatic rings. The van der Waals surface area contributed by atoms with Crippen LogP contribution in [0.25, 0.3) is 0 Å². The van der Waals surface area contributed by atoms with Crippen molar-refractivity contribution in [2.75, 3.05) is 12.4 Å². The zero-order valence-corrected chi connectivity index (χ0v) is 8.27. The van der Waals surface area contributed by atoms with Crippen LogP contribution in [0.2, 0.25) is 0 Å². The second-order valence-corrected chi connectivity index (χ2v) is 2.98. The van der Waals surface area contributed by atoms with E-state index in [2.05, 4.69) is 21.0 Å². The lowest BCUT2D eigenvalue weighted by Gasteiger charge is -2.05. The molecule has 0 radical (unpaired) electrons. The normalized spacial score (nSPS) is 15.2. The van der Waals surface area contributed by atoms with Crippen LogP contribution in [0.4, 0.5) is 0 Å². The van der Waals surface area contributed by atoms with Crippen molar-refractivity contribution in [2.24, 2.45) is 5.73 Å². The molecule has 0 amide bonds. The molecule has 0 bridgehead atoms. The molecule has 2 N–H and O–H groups in total. The molecule has 0 aliphatic carbocycles. The lowest BCUT2D eigenvalue weighted by Crippen LogP contribution is -2.34. The predicted molar refractivity (Wildman–Crippen MR) is 47.7 cm³/mol. The molecule has 0 aliphatic heterocycles. The second-order valence-electron chi connectivity index (χ2n) is 1.80. The second kappa shape index (κ2) is 6.41. The first kappa shape index (κ1) is 11.9. The van der Waals surface area contributed by atoms with Gasteiger partial charge in [-0.05, 0) is 6.92 Å². The van der Waals surface area contributed by atoms with E-state index in [9.17, 15) is 9.00 Å². The smallest absolute Gasteiger partial charge is 0.342 e. The topological polar surface area (TPSA) is 78.6 Å². The molecule has 0 heterocycles. The van der Waals surface area contributed by atoms with Crippen LogP contribution in [0.5, 0.6) is 0 Å². The van der Waals surface area contributed by atoms with E-state index in [1.54, 1.807) is 6.92 Å². The molecule has 0 aliphatic rings. The maximum atomic E-state index is 10.8. The van der Waals surface area contributed by atoms with Gasteiger partial charge in [-0.15, -0.1) is 0 Å². The van der Waals surface area contributed by atoms with Gasteiger partial charge in [0.25, 0.3) is 0 Å². The first-order valence-electron chi connectivity index (χ1n) is 3.25. The Hall–Kier alpha value is -0.110. The molecule has 5 nitrogen and oxygen atoms in total. The van der Waals surface area contributed by atoms with Crippen LogP contribution in [0.1, 0.15) is 6.92 Å². The lowest BCUT2D eigenvalue weighted by atomic mass is 10.4. The van der Waals surface area contributed by atoms with E-state index in [0.29, 0.717) is 0 Å². The minimum Gasteiger partial charge on any atom is -0.342 e. The summed E-state index contributed by atoms with van der Waals surface area (Å²) in [5.41, 5.74) is 5.22. The minimum atomic E-state index is -2.04. The summed E-state index contributed by atoms with van der Waals surface area (Å²) in [7, 11) is 0. The Balaban J connectivity index is 3.76. The van der Waals surface area contributed by atoms with Gasteiger partial charge in [0, 0.05) is 5.75 Å². The summed E-state index contributed by atoms with van der Waals surface area (Å²) >= 11 is 1.73. The lowest BCUT2D eigenvalue weighted by molar-refractivity contribution is -0.134. The molecule has 12 heavy (non-hydrogen) atoms. The molecular weight excluding hydrogens is 202 g/mol. The highest BCUT2D eigenvalue weighted by atomic mass is 32.2. The van der Waals surface area contributed by atoms with Gasteiger partial charge >= 0.3 is 17.3 Å². The monoisotopic (exact) mass is 213 g/mol. The van der Waals surface area contributed by atoms with E-state index < -0.39 is 23.4 Å². The molecule has 0 spiro atoms. The quantitative estimate of drug-likeness (QED) is 0.596. The van der Waals surface area contributed by atoms with Crippen LogP contribution in [0.15, 0.2) is 0 Å². The van der Waals surface area contributed by atoms with Gasteiger partial charge in [0.05, 0.1) is 6.61 Å². The highest BCUT2D eigenvalue weighted by Crippen LogP contribution is 1.94. The third-order valence-electron chi connectivity index (χ3n) is 0.864. The standard InChI is InChI=1S/C5H11NO4S2/c1-2-9-12(8)10-5(7)4(6)3-11/h4,11H,2-3,6H2,1H3. The van der Waals surface area contributed by atoms with Crippen LogP contribution in [0.3, 0.4) is 0 Å². The molecule has 72 valence electrons. The van der Waals surface area contributed by atoms with E-state index in [0.717, 1.165) is 0 Å². The van der Waals surface area contributed by atoms with Gasteiger partial charge in [-0.3, -0.25) is 4.18 Å². The zero-order chi connectivity index (χ0) is 9.56. The molecule has 0 saturated heterocycles. The van der Waals surface area contributed by atoms with Crippen LogP contribution in [0, 0.1) is 0 Å². The van der Waals surface area contributed by atoms with Gasteiger partial charge in [0.2, 0.25) is 0 Å². The first-order chi connectivity index (χ1) is 5.61. The van der Waals surface area contributed by atoms with Crippen molar-refractivity contribution in [1.82, 2.24) is 0 Å². The van der Waals surface area contributed by atoms with E-state index in [4.69, 9.17) is 5.73 Å². The van der Waals surface area contributed by atoms with Crippen LogP contribution in [-0.2, 0) is 24.5 Å². The molecule has 0 aromatic carbocycles. The number of nitrogens with two attached hydrogens (primary N) is 1. The Morgan fingerprint density at radius 3 is 2.75 bits per heavy atom. The van der Waals surface area contributed by atoms with Crippen LogP contribution in [-0.4, -0.2) is 28.6 Å². The fourth-order valence-corrected chi connectivity index (χ4v) is 0.971. The maximum absolute atomic E-state index is 10.8. The molecule has 0 fully saturated rings. The number of thiol groups is 1. The zero-order valence-electron chi connectivity index (χ0n) is 6.56. The predicted octanol–water partition coefficient (Wildman–Crippen LogP) is -0.598. The van der Waals surface area contributed by atoms with E-state index in [-0.39, 0.29) is 12.4 Å². The van der Waals surface area contributed by atoms with Gasteiger partial charge in [-0.25, -0.2) is 4.79 Å². The largest absolute Gasteiger partial charge is 0.362 e. The van der Waals surface area contributed by atoms with Crippen LogP contribution >= 0.6 is 12.6 Å². The van der Waals surface area contributed by atoms with E-state index >= 15 is 0 Å². The fourth-order valence-electron chi connectivity index (χ4n) is 0.324. The third kappa shape index (κ3) is 4.70. The number of rotatable bonds is 5. The Morgan fingerprint density at radius 1 is 1.75 bits per heavy atom. The number of carbonyl (C=O) groups is 1. The summed E-state index contributed by atoms with van der Waals surface area (Å²) in [5, 5.41) is 0. The van der Waals surface area contributed by atoms with E-state index in [1.807, 2.05) is 0 Å². The van der Waals surface area contributed by atoms with Crippen molar-refractivity contribution in [1.29, 1.82) is 0 Å². The molecule has 2 unspecified atom stereocenters. The summed E-state index contributed by atoms with van der Waals surface area (Å²) in [6.07, 6.45) is 0. The van der Waals surface area contributed by atoms with Crippen molar-refractivity contribution in [2.45, 2.75) is 13.0 Å². The molecule has 0 saturated carbocycles. The van der Waals surface area contributed by atoms with Crippen molar-refractivity contribution >= 4 is 30.0 Å². The average Bonchev–Trinajstić information content (AvgIpc) is 2.03. The first-order valence-corrected chi connectivity index (χ1v) is 4.88. The fraction of sp³-hybridized carbons (Fsp3) is 0.800. The number of hydrogen-bond donors (Lipinski definition) is 2. The Labute approximate surface area is 78.9 Å². The van der Waals surface area contributed by atoms with Gasteiger partial charge in [-0.1, -0.05) is 0 Å². The maximum Gasteiger partial charge on any atom is 0.362 e. The van der Waals surface area contributed by atoms with Crippen molar-refractivity contribution in [3.8, 4) is 0 Å². The summed E-state index contributed by atoms with van der Waals surface area (Å²) in [6.45, 7) is 1.83. The van der Waals surface area contributed by atoms with Gasteiger partial charge < -0.3 is 9.92 Å². The van der Waals surface area contributed by atoms with Crippen molar-refractivity contribution < 1.29 is 17.4 Å². The highest BCUT2D eigenvalue weighted by Gasteiger charge is 2.16. The molecule has 7 heteroatoms. The van der Waals surface area contributed by atoms with Gasteiger partial charge in [0.15, 0.2) is 0 Å². The average molecular weight is 213 g/mol. The van der Waals surface area contributed by atoms with Crippen molar-refractivity contribution in [3.63, 3.8) is 0 Å². The summed E-state index contributed by atoms with van der Waals surface area (Å²) in [6, 6.07) is -0.863. The number of carbonyl (C=O) groups excluding carboxylic acids is 1. The van der Waals surface area contributed by atoms with E-state index in [1.165, 1.54) is 0 Å². The Morgan fingerprint density at radius 2 is 2.33 bits per heavy atom. The van der Waals surface area contributed by atoms with Crippen LogP contribution < -0.4 is 5.73 Å².